The number of nitrogens with one attached hydrogen (secondary N) is 1. The van der Waals surface area contributed by atoms with Crippen LogP contribution in [0.4, 0.5) is 11.5 Å². The Labute approximate surface area is 110 Å². The Kier molecular flexibility index (Phi) is 3.48. The zero-order chi connectivity index (χ0) is 13.1. The molecule has 1 amide bonds. The molecule has 0 aliphatic heterocycles. The van der Waals surface area contributed by atoms with Crippen LogP contribution in [0.25, 0.3) is 0 Å². The van der Waals surface area contributed by atoms with Gasteiger partial charge in [0.1, 0.15) is 0 Å². The molecule has 0 fully saturated rings. The molecule has 18 heavy (non-hydrogen) atoms. The monoisotopic (exact) mass is 261 g/mol. The largest absolute Gasteiger partial charge is 0.399 e. The Balaban J connectivity index is 2.28. The number of carbonyl (C=O) groups excluding carboxylic acids is 1. The number of hydrogen-bond donors (Lipinski definition) is 2. The van der Waals surface area contributed by atoms with Gasteiger partial charge in [-0.05, 0) is 36.8 Å². The second-order valence-corrected chi connectivity index (χ2v) is 4.27. The lowest BCUT2D eigenvalue weighted by atomic mass is 10.1. The molecule has 0 aliphatic carbocycles. The molecule has 1 aromatic heterocycles. The number of nitrogens with two attached hydrogens (primary N) is 1. The minimum Gasteiger partial charge on any atom is -0.399 e. The fourth-order valence-electron chi connectivity index (χ4n) is 1.54. The van der Waals surface area contributed by atoms with Gasteiger partial charge in [-0.2, -0.15) is 0 Å². The summed E-state index contributed by atoms with van der Waals surface area (Å²) < 4.78 is 0. The van der Waals surface area contributed by atoms with Crippen molar-refractivity contribution in [3.63, 3.8) is 0 Å². The highest BCUT2D eigenvalue weighted by atomic mass is 35.5. The van der Waals surface area contributed by atoms with E-state index in [1.807, 2.05) is 6.92 Å². The molecule has 0 saturated carbocycles. The summed E-state index contributed by atoms with van der Waals surface area (Å²) in [5.41, 5.74) is 7.56. The van der Waals surface area contributed by atoms with Crippen LogP contribution in [0.5, 0.6) is 0 Å². The normalized spacial score (nSPS) is 10.1. The molecule has 92 valence electrons. The zero-order valence-corrected chi connectivity index (χ0v) is 10.5. The molecule has 0 unspecified atom stereocenters. The second kappa shape index (κ2) is 5.06. The highest BCUT2D eigenvalue weighted by Gasteiger charge is 2.11. The van der Waals surface area contributed by atoms with E-state index in [0.29, 0.717) is 22.1 Å². The van der Waals surface area contributed by atoms with E-state index in [2.05, 4.69) is 10.3 Å². The number of halogens is 1. The first-order chi connectivity index (χ1) is 8.58. The zero-order valence-electron chi connectivity index (χ0n) is 9.77. The quantitative estimate of drug-likeness (QED) is 0.817. The summed E-state index contributed by atoms with van der Waals surface area (Å²) in [6, 6.07) is 8.53. The van der Waals surface area contributed by atoms with Gasteiger partial charge in [0.05, 0.1) is 5.02 Å². The molecule has 5 heteroatoms. The first-order valence-corrected chi connectivity index (χ1v) is 5.73. The number of anilines is 2. The number of carbonyl (C=O) groups is 1. The number of rotatable bonds is 2. The minimum absolute atomic E-state index is 0.277. The molecule has 4 nitrogen and oxygen atoms in total. The van der Waals surface area contributed by atoms with Crippen molar-refractivity contribution in [2.75, 3.05) is 11.1 Å². The van der Waals surface area contributed by atoms with Crippen molar-refractivity contribution in [1.29, 1.82) is 0 Å². The fourth-order valence-corrected chi connectivity index (χ4v) is 1.71. The van der Waals surface area contributed by atoms with Crippen LogP contribution in [0.2, 0.25) is 5.02 Å². The van der Waals surface area contributed by atoms with Crippen molar-refractivity contribution < 1.29 is 4.79 Å². The predicted octanol–water partition coefficient (Wildman–Crippen LogP) is 2.88. The molecule has 0 atom stereocenters. The van der Waals surface area contributed by atoms with Crippen LogP contribution in [0.15, 0.2) is 36.5 Å². The number of benzene rings is 1. The Bertz CT molecular complexity index is 599. The van der Waals surface area contributed by atoms with E-state index in [1.165, 1.54) is 0 Å². The molecule has 0 aliphatic rings. The Hall–Kier alpha value is -2.07. The van der Waals surface area contributed by atoms with Crippen LogP contribution in [-0.4, -0.2) is 10.9 Å². The van der Waals surface area contributed by atoms with Crippen molar-refractivity contribution in [3.8, 4) is 0 Å². The highest BCUT2D eigenvalue weighted by molar-refractivity contribution is 6.33. The highest BCUT2D eigenvalue weighted by Crippen LogP contribution is 2.19. The predicted molar refractivity (Wildman–Crippen MR) is 72.8 cm³/mol. The molecule has 1 aromatic carbocycles. The van der Waals surface area contributed by atoms with E-state index in [4.69, 9.17) is 17.3 Å². The van der Waals surface area contributed by atoms with E-state index in [-0.39, 0.29) is 5.91 Å². The number of nitrogens with zero attached hydrogens (tertiary/aromatic N) is 1. The topological polar surface area (TPSA) is 68.0 Å². The number of amides is 1. The molecule has 0 spiro atoms. The van der Waals surface area contributed by atoms with Gasteiger partial charge in [-0.1, -0.05) is 17.7 Å². The molecule has 0 saturated heterocycles. The average molecular weight is 262 g/mol. The summed E-state index contributed by atoms with van der Waals surface area (Å²) in [5.74, 6) is 0.0615. The van der Waals surface area contributed by atoms with E-state index in [0.717, 1.165) is 5.56 Å². The van der Waals surface area contributed by atoms with Gasteiger partial charge >= 0.3 is 0 Å². The van der Waals surface area contributed by atoms with Gasteiger partial charge in [0, 0.05) is 17.4 Å². The molecule has 0 radical (unpaired) electrons. The van der Waals surface area contributed by atoms with Crippen LogP contribution >= 0.6 is 11.6 Å². The summed E-state index contributed by atoms with van der Waals surface area (Å²) in [4.78, 5) is 16.1. The van der Waals surface area contributed by atoms with Crippen molar-refractivity contribution in [2.24, 2.45) is 0 Å². The molecule has 3 N–H and O–H groups in total. The Morgan fingerprint density at radius 3 is 2.89 bits per heavy atom. The standard InChI is InChI=1S/C13H12ClN3O/c1-8-4-5-9(15)7-10(8)13(18)17-12-11(14)3-2-6-16-12/h2-7H,15H2,1H3,(H,16,17,18). The van der Waals surface area contributed by atoms with Crippen molar-refractivity contribution in [2.45, 2.75) is 6.92 Å². The minimum atomic E-state index is -0.277. The van der Waals surface area contributed by atoms with Crippen LogP contribution in [0.3, 0.4) is 0 Å². The number of aromatic nitrogens is 1. The lowest BCUT2D eigenvalue weighted by Crippen LogP contribution is -2.15. The maximum Gasteiger partial charge on any atom is 0.257 e. The van der Waals surface area contributed by atoms with E-state index < -0.39 is 0 Å². The Morgan fingerprint density at radius 1 is 1.39 bits per heavy atom. The van der Waals surface area contributed by atoms with Gasteiger partial charge in [-0.15, -0.1) is 0 Å². The van der Waals surface area contributed by atoms with E-state index in [1.54, 1.807) is 36.5 Å². The van der Waals surface area contributed by atoms with E-state index >= 15 is 0 Å². The first kappa shape index (κ1) is 12.4. The van der Waals surface area contributed by atoms with Crippen LogP contribution in [0.1, 0.15) is 15.9 Å². The van der Waals surface area contributed by atoms with Gasteiger partial charge in [0.2, 0.25) is 0 Å². The summed E-state index contributed by atoms with van der Waals surface area (Å²) in [5, 5.41) is 3.05. The number of hydrogen-bond acceptors (Lipinski definition) is 3. The molecule has 1 heterocycles. The van der Waals surface area contributed by atoms with Gasteiger partial charge in [0.25, 0.3) is 5.91 Å². The lowest BCUT2D eigenvalue weighted by molar-refractivity contribution is 0.102. The fraction of sp³-hybridized carbons (Fsp3) is 0.0769. The first-order valence-electron chi connectivity index (χ1n) is 5.36. The van der Waals surface area contributed by atoms with Crippen LogP contribution in [0, 0.1) is 6.92 Å². The number of pyridine rings is 1. The average Bonchev–Trinajstić information content (AvgIpc) is 2.35. The van der Waals surface area contributed by atoms with Gasteiger partial charge < -0.3 is 11.1 Å². The third-order valence-electron chi connectivity index (χ3n) is 2.50. The maximum absolute atomic E-state index is 12.1. The Morgan fingerprint density at radius 2 is 2.17 bits per heavy atom. The SMILES string of the molecule is Cc1ccc(N)cc1C(=O)Nc1ncccc1Cl. The lowest BCUT2D eigenvalue weighted by Gasteiger charge is -2.08. The number of aryl methyl sites for hydroxylation is 1. The van der Waals surface area contributed by atoms with Crippen molar-refractivity contribution in [3.05, 3.63) is 52.7 Å². The van der Waals surface area contributed by atoms with Gasteiger partial charge in [-0.3, -0.25) is 4.79 Å². The smallest absolute Gasteiger partial charge is 0.257 e. The van der Waals surface area contributed by atoms with Crippen molar-refractivity contribution in [1.82, 2.24) is 4.98 Å². The molecular weight excluding hydrogens is 250 g/mol. The molecule has 2 rings (SSSR count). The summed E-state index contributed by atoms with van der Waals surface area (Å²) in [6.07, 6.45) is 1.56. The summed E-state index contributed by atoms with van der Waals surface area (Å²) >= 11 is 5.92. The molecule has 0 bridgehead atoms. The molecular formula is C13H12ClN3O. The van der Waals surface area contributed by atoms with Gasteiger partial charge in [0.15, 0.2) is 5.82 Å². The van der Waals surface area contributed by atoms with E-state index in [9.17, 15) is 4.79 Å². The van der Waals surface area contributed by atoms with Crippen molar-refractivity contribution >= 4 is 29.0 Å². The maximum atomic E-state index is 12.1. The summed E-state index contributed by atoms with van der Waals surface area (Å²) in [6.45, 7) is 1.84. The third kappa shape index (κ3) is 2.60. The third-order valence-corrected chi connectivity index (χ3v) is 2.80. The van der Waals surface area contributed by atoms with Crippen LogP contribution in [-0.2, 0) is 0 Å². The summed E-state index contributed by atoms with van der Waals surface area (Å²) in [7, 11) is 0. The number of nitrogen functional groups attached to an aromatic ring is 1. The van der Waals surface area contributed by atoms with Gasteiger partial charge in [-0.25, -0.2) is 4.98 Å². The van der Waals surface area contributed by atoms with Crippen LogP contribution < -0.4 is 11.1 Å². The molecule has 2 aromatic rings. The second-order valence-electron chi connectivity index (χ2n) is 3.86.